The zero-order chi connectivity index (χ0) is 13.1. The number of nitrogens with one attached hydrogen (secondary N) is 1. The fraction of sp³-hybridized carbons (Fsp3) is 0.214. The molecule has 0 aliphatic rings. The van der Waals surface area contributed by atoms with Gasteiger partial charge in [0.15, 0.2) is 0 Å². The highest BCUT2D eigenvalue weighted by atomic mass is 16.3. The second-order valence-corrected chi connectivity index (χ2v) is 4.34. The summed E-state index contributed by atoms with van der Waals surface area (Å²) in [5, 5.41) is 2.83. The van der Waals surface area contributed by atoms with Crippen LogP contribution in [0.25, 0.3) is 0 Å². The summed E-state index contributed by atoms with van der Waals surface area (Å²) in [5.41, 5.74) is 9.91. The van der Waals surface area contributed by atoms with Gasteiger partial charge in [0.1, 0.15) is 0 Å². The Labute approximate surface area is 106 Å². The van der Waals surface area contributed by atoms with E-state index in [4.69, 9.17) is 10.2 Å². The Balaban J connectivity index is 2.11. The van der Waals surface area contributed by atoms with Gasteiger partial charge in [-0.15, -0.1) is 0 Å². The standard InChI is InChI=1S/C14H16N2O2/c1-9-5-10(2)13(15)6-12(9)14(17)16-7-11-3-4-18-8-11/h3-6,8H,7,15H2,1-2H3,(H,16,17). The van der Waals surface area contributed by atoms with E-state index in [2.05, 4.69) is 5.32 Å². The number of rotatable bonds is 3. The third-order valence-corrected chi connectivity index (χ3v) is 2.89. The first-order valence-electron chi connectivity index (χ1n) is 5.74. The lowest BCUT2D eigenvalue weighted by Gasteiger charge is -2.09. The second-order valence-electron chi connectivity index (χ2n) is 4.34. The van der Waals surface area contributed by atoms with Gasteiger partial charge in [-0.1, -0.05) is 6.07 Å². The van der Waals surface area contributed by atoms with Crippen molar-refractivity contribution >= 4 is 11.6 Å². The summed E-state index contributed by atoms with van der Waals surface area (Å²) in [7, 11) is 0. The van der Waals surface area contributed by atoms with E-state index in [1.807, 2.05) is 26.0 Å². The molecule has 2 aromatic rings. The van der Waals surface area contributed by atoms with Crippen LogP contribution in [0.5, 0.6) is 0 Å². The number of amides is 1. The molecule has 1 heterocycles. The minimum atomic E-state index is -0.125. The fourth-order valence-corrected chi connectivity index (χ4v) is 1.78. The molecular weight excluding hydrogens is 228 g/mol. The molecule has 1 aromatic carbocycles. The highest BCUT2D eigenvalue weighted by molar-refractivity contribution is 5.96. The van der Waals surface area contributed by atoms with E-state index in [1.165, 1.54) is 0 Å². The molecule has 94 valence electrons. The van der Waals surface area contributed by atoms with Crippen molar-refractivity contribution in [2.24, 2.45) is 0 Å². The predicted molar refractivity (Wildman–Crippen MR) is 70.2 cm³/mol. The van der Waals surface area contributed by atoms with Crippen molar-refractivity contribution in [2.45, 2.75) is 20.4 Å². The van der Waals surface area contributed by atoms with Crippen LogP contribution in [0.3, 0.4) is 0 Å². The van der Waals surface area contributed by atoms with Gasteiger partial charge < -0.3 is 15.5 Å². The average Bonchev–Trinajstić information content (AvgIpc) is 2.84. The van der Waals surface area contributed by atoms with Crippen LogP contribution < -0.4 is 11.1 Å². The molecule has 18 heavy (non-hydrogen) atoms. The van der Waals surface area contributed by atoms with Crippen molar-refractivity contribution in [3.63, 3.8) is 0 Å². The van der Waals surface area contributed by atoms with E-state index in [9.17, 15) is 4.79 Å². The molecule has 0 fully saturated rings. The second kappa shape index (κ2) is 4.96. The summed E-state index contributed by atoms with van der Waals surface area (Å²) in [6.07, 6.45) is 3.19. The number of carbonyl (C=O) groups excluding carboxylic acids is 1. The first kappa shape index (κ1) is 12.2. The van der Waals surface area contributed by atoms with Gasteiger partial charge in [-0.2, -0.15) is 0 Å². The maximum absolute atomic E-state index is 12.0. The van der Waals surface area contributed by atoms with Gasteiger partial charge >= 0.3 is 0 Å². The topological polar surface area (TPSA) is 68.3 Å². The summed E-state index contributed by atoms with van der Waals surface area (Å²) in [5.74, 6) is -0.125. The van der Waals surface area contributed by atoms with Crippen molar-refractivity contribution in [1.82, 2.24) is 5.32 Å². The zero-order valence-electron chi connectivity index (χ0n) is 10.5. The molecule has 0 bridgehead atoms. The van der Waals surface area contributed by atoms with E-state index in [0.29, 0.717) is 17.8 Å². The van der Waals surface area contributed by atoms with Gasteiger partial charge in [-0.05, 0) is 37.1 Å². The number of nitrogens with two attached hydrogens (primary N) is 1. The summed E-state index contributed by atoms with van der Waals surface area (Å²) >= 11 is 0. The smallest absolute Gasteiger partial charge is 0.251 e. The zero-order valence-corrected chi connectivity index (χ0v) is 10.5. The van der Waals surface area contributed by atoms with E-state index < -0.39 is 0 Å². The molecule has 0 atom stereocenters. The third kappa shape index (κ3) is 2.53. The number of furan rings is 1. The molecule has 0 aliphatic heterocycles. The minimum absolute atomic E-state index is 0.125. The summed E-state index contributed by atoms with van der Waals surface area (Å²) in [6, 6.07) is 5.45. The Morgan fingerprint density at radius 1 is 1.33 bits per heavy atom. The van der Waals surface area contributed by atoms with Gasteiger partial charge in [-0.25, -0.2) is 0 Å². The highest BCUT2D eigenvalue weighted by Gasteiger charge is 2.10. The average molecular weight is 244 g/mol. The van der Waals surface area contributed by atoms with Gasteiger partial charge in [-0.3, -0.25) is 4.79 Å². The lowest BCUT2D eigenvalue weighted by atomic mass is 10.0. The normalized spacial score (nSPS) is 10.3. The monoisotopic (exact) mass is 244 g/mol. The van der Waals surface area contributed by atoms with Gasteiger partial charge in [0.05, 0.1) is 12.5 Å². The summed E-state index contributed by atoms with van der Waals surface area (Å²) in [4.78, 5) is 12.0. The van der Waals surface area contributed by atoms with Gasteiger partial charge in [0, 0.05) is 23.4 Å². The van der Waals surface area contributed by atoms with Crippen molar-refractivity contribution in [1.29, 1.82) is 0 Å². The molecule has 4 heteroatoms. The van der Waals surface area contributed by atoms with Crippen LogP contribution in [0.4, 0.5) is 5.69 Å². The largest absolute Gasteiger partial charge is 0.472 e. The molecule has 0 spiro atoms. The number of aryl methyl sites for hydroxylation is 2. The number of nitrogen functional groups attached to an aromatic ring is 1. The molecular formula is C14H16N2O2. The molecule has 0 radical (unpaired) electrons. The maximum atomic E-state index is 12.0. The van der Waals surface area contributed by atoms with E-state index in [-0.39, 0.29) is 5.91 Å². The maximum Gasteiger partial charge on any atom is 0.251 e. The molecule has 0 saturated carbocycles. The van der Waals surface area contributed by atoms with Gasteiger partial charge in [0.2, 0.25) is 0 Å². The lowest BCUT2D eigenvalue weighted by Crippen LogP contribution is -2.23. The van der Waals surface area contributed by atoms with Crippen molar-refractivity contribution < 1.29 is 9.21 Å². The minimum Gasteiger partial charge on any atom is -0.472 e. The Morgan fingerprint density at radius 3 is 2.78 bits per heavy atom. The van der Waals surface area contributed by atoms with Crippen molar-refractivity contribution in [3.8, 4) is 0 Å². The Hall–Kier alpha value is -2.23. The highest BCUT2D eigenvalue weighted by Crippen LogP contribution is 2.17. The van der Waals surface area contributed by atoms with Crippen LogP contribution in [0, 0.1) is 13.8 Å². The van der Waals surface area contributed by atoms with E-state index in [1.54, 1.807) is 18.6 Å². The molecule has 2 rings (SSSR count). The first-order valence-corrected chi connectivity index (χ1v) is 5.74. The third-order valence-electron chi connectivity index (χ3n) is 2.89. The Kier molecular flexibility index (Phi) is 3.37. The van der Waals surface area contributed by atoms with Crippen LogP contribution in [0.1, 0.15) is 27.0 Å². The first-order chi connectivity index (χ1) is 8.58. The molecule has 3 N–H and O–H groups in total. The molecule has 0 aliphatic carbocycles. The lowest BCUT2D eigenvalue weighted by molar-refractivity contribution is 0.0950. The quantitative estimate of drug-likeness (QED) is 0.815. The summed E-state index contributed by atoms with van der Waals surface area (Å²) < 4.78 is 4.94. The van der Waals surface area contributed by atoms with Crippen LogP contribution in [0.2, 0.25) is 0 Å². The van der Waals surface area contributed by atoms with Crippen LogP contribution in [0.15, 0.2) is 35.1 Å². The number of anilines is 1. The molecule has 0 saturated heterocycles. The summed E-state index contributed by atoms with van der Waals surface area (Å²) in [6.45, 7) is 4.28. The molecule has 0 unspecified atom stereocenters. The van der Waals surface area contributed by atoms with Crippen molar-refractivity contribution in [2.75, 3.05) is 5.73 Å². The van der Waals surface area contributed by atoms with Crippen LogP contribution in [-0.4, -0.2) is 5.91 Å². The number of benzene rings is 1. The number of hydrogen-bond acceptors (Lipinski definition) is 3. The van der Waals surface area contributed by atoms with Crippen LogP contribution >= 0.6 is 0 Å². The number of hydrogen-bond donors (Lipinski definition) is 2. The number of carbonyl (C=O) groups is 1. The molecule has 1 aromatic heterocycles. The molecule has 4 nitrogen and oxygen atoms in total. The Bertz CT molecular complexity index is 559. The van der Waals surface area contributed by atoms with Crippen molar-refractivity contribution in [3.05, 3.63) is 53.0 Å². The Morgan fingerprint density at radius 2 is 2.11 bits per heavy atom. The molecule has 1 amide bonds. The SMILES string of the molecule is Cc1cc(C)c(C(=O)NCc2ccoc2)cc1N. The van der Waals surface area contributed by atoms with E-state index >= 15 is 0 Å². The van der Waals surface area contributed by atoms with Crippen LogP contribution in [-0.2, 0) is 6.54 Å². The predicted octanol–water partition coefficient (Wildman–Crippen LogP) is 2.41. The van der Waals surface area contributed by atoms with Gasteiger partial charge in [0.25, 0.3) is 5.91 Å². The fourth-order valence-electron chi connectivity index (χ4n) is 1.78. The van der Waals surface area contributed by atoms with E-state index in [0.717, 1.165) is 16.7 Å².